The summed E-state index contributed by atoms with van der Waals surface area (Å²) in [5.74, 6) is 0. The van der Waals surface area contributed by atoms with Gasteiger partial charge in [0.1, 0.15) is 0 Å². The lowest BCUT2D eigenvalue weighted by Gasteiger charge is -2.37. The Kier molecular flexibility index (Phi) is 4.71. The lowest BCUT2D eigenvalue weighted by Crippen LogP contribution is -2.57. The van der Waals surface area contributed by atoms with Gasteiger partial charge in [-0.25, -0.2) is 13.1 Å². The zero-order valence-electron chi connectivity index (χ0n) is 10.6. The second kappa shape index (κ2) is 5.52. The van der Waals surface area contributed by atoms with Crippen molar-refractivity contribution >= 4 is 22.4 Å². The summed E-state index contributed by atoms with van der Waals surface area (Å²) in [5, 5.41) is 10.7. The number of nitrogens with zero attached hydrogens (tertiary/aromatic N) is 4. The van der Waals surface area contributed by atoms with E-state index >= 15 is 0 Å². The molecule has 1 fully saturated rings. The van der Waals surface area contributed by atoms with Gasteiger partial charge in [0.25, 0.3) is 10.0 Å². The van der Waals surface area contributed by atoms with Crippen LogP contribution in [0.2, 0.25) is 0 Å². The monoisotopic (exact) mass is 295 g/mol. The first-order chi connectivity index (χ1) is 7.94. The van der Waals surface area contributed by atoms with E-state index in [4.69, 9.17) is 0 Å². The molecule has 0 radical (unpaired) electrons. The maximum Gasteiger partial charge on any atom is 0.262 e. The van der Waals surface area contributed by atoms with E-state index in [1.165, 1.54) is 15.2 Å². The van der Waals surface area contributed by atoms with Gasteiger partial charge in [-0.2, -0.15) is 4.31 Å². The minimum atomic E-state index is -3.50. The molecule has 2 heterocycles. The molecule has 104 valence electrons. The number of piperazine rings is 1. The second-order valence-electron chi connectivity index (χ2n) is 4.30. The van der Waals surface area contributed by atoms with Crippen molar-refractivity contribution in [2.75, 3.05) is 13.1 Å². The average molecular weight is 296 g/mol. The molecule has 1 aromatic rings. The number of sulfonamides is 1. The fraction of sp³-hybridized carbons (Fsp3) is 0.778. The van der Waals surface area contributed by atoms with Gasteiger partial charge in [0.05, 0.1) is 6.20 Å². The van der Waals surface area contributed by atoms with Crippen molar-refractivity contribution < 1.29 is 8.42 Å². The lowest BCUT2D eigenvalue weighted by atomic mass is 10.1. The molecule has 0 aliphatic carbocycles. The fourth-order valence-corrected chi connectivity index (χ4v) is 3.74. The Bertz CT molecular complexity index is 503. The van der Waals surface area contributed by atoms with Crippen LogP contribution >= 0.6 is 12.4 Å². The Labute approximate surface area is 113 Å². The Morgan fingerprint density at radius 1 is 1.44 bits per heavy atom. The van der Waals surface area contributed by atoms with E-state index in [1.54, 1.807) is 7.05 Å². The van der Waals surface area contributed by atoms with E-state index in [0.29, 0.717) is 13.1 Å². The smallest absolute Gasteiger partial charge is 0.262 e. The molecular weight excluding hydrogens is 278 g/mol. The van der Waals surface area contributed by atoms with Crippen molar-refractivity contribution in [1.82, 2.24) is 24.6 Å². The Balaban J connectivity index is 0.00000162. The summed E-state index contributed by atoms with van der Waals surface area (Å²) in [6, 6.07) is 0.0587. The number of rotatable bonds is 2. The zero-order valence-corrected chi connectivity index (χ0v) is 12.2. The molecule has 18 heavy (non-hydrogen) atoms. The van der Waals surface area contributed by atoms with Crippen LogP contribution in [-0.4, -0.2) is 52.9 Å². The molecule has 0 spiro atoms. The first kappa shape index (κ1) is 15.4. The summed E-state index contributed by atoms with van der Waals surface area (Å²) in [4.78, 5) is 0. The molecule has 1 aromatic heterocycles. The zero-order chi connectivity index (χ0) is 12.6. The summed E-state index contributed by atoms with van der Waals surface area (Å²) in [7, 11) is -1.92. The Morgan fingerprint density at radius 3 is 2.67 bits per heavy atom. The molecular formula is C9H18ClN5O2S. The van der Waals surface area contributed by atoms with Crippen LogP contribution < -0.4 is 5.32 Å². The standard InChI is InChI=1S/C9H17N5O2S.ClH/c1-7-8(2)14(5-4-10-7)17(15,16)9-6-11-12-13(9)3;/h6-8,10H,4-5H2,1-3H3;1H. The summed E-state index contributed by atoms with van der Waals surface area (Å²) in [6.45, 7) is 5.01. The van der Waals surface area contributed by atoms with Crippen molar-refractivity contribution in [3.63, 3.8) is 0 Å². The second-order valence-corrected chi connectivity index (χ2v) is 6.13. The summed E-state index contributed by atoms with van der Waals surface area (Å²) in [6.07, 6.45) is 1.29. The first-order valence-electron chi connectivity index (χ1n) is 5.54. The predicted molar refractivity (Wildman–Crippen MR) is 69.1 cm³/mol. The van der Waals surface area contributed by atoms with E-state index in [-0.39, 0.29) is 29.5 Å². The molecule has 2 rings (SSSR count). The molecule has 7 nitrogen and oxygen atoms in total. The lowest BCUT2D eigenvalue weighted by molar-refractivity contribution is 0.231. The largest absolute Gasteiger partial charge is 0.311 e. The minimum Gasteiger partial charge on any atom is -0.311 e. The molecule has 0 aromatic carbocycles. The number of nitrogens with one attached hydrogen (secondary N) is 1. The molecule has 0 amide bonds. The van der Waals surface area contributed by atoms with Gasteiger partial charge in [-0.15, -0.1) is 17.5 Å². The summed E-state index contributed by atoms with van der Waals surface area (Å²) in [5.41, 5.74) is 0. The van der Waals surface area contributed by atoms with Gasteiger partial charge in [-0.05, 0) is 13.8 Å². The fourth-order valence-electron chi connectivity index (χ4n) is 2.00. The maximum absolute atomic E-state index is 12.4. The summed E-state index contributed by atoms with van der Waals surface area (Å²) < 4.78 is 27.6. The summed E-state index contributed by atoms with van der Waals surface area (Å²) >= 11 is 0. The van der Waals surface area contributed by atoms with Crippen molar-refractivity contribution in [3.05, 3.63) is 6.20 Å². The molecule has 0 bridgehead atoms. The Hall–Kier alpha value is -0.700. The van der Waals surface area contributed by atoms with Gasteiger partial charge in [0.15, 0.2) is 5.03 Å². The normalized spacial score (nSPS) is 25.7. The predicted octanol–water partition coefficient (Wildman–Crippen LogP) is -0.392. The van der Waals surface area contributed by atoms with E-state index in [1.807, 2.05) is 13.8 Å². The van der Waals surface area contributed by atoms with E-state index in [0.717, 1.165) is 0 Å². The van der Waals surface area contributed by atoms with Crippen LogP contribution in [0.1, 0.15) is 13.8 Å². The van der Waals surface area contributed by atoms with Crippen LogP contribution in [0.4, 0.5) is 0 Å². The molecule has 9 heteroatoms. The van der Waals surface area contributed by atoms with Crippen molar-refractivity contribution in [3.8, 4) is 0 Å². The molecule has 0 saturated carbocycles. The highest BCUT2D eigenvalue weighted by atomic mass is 35.5. The van der Waals surface area contributed by atoms with E-state index < -0.39 is 10.0 Å². The van der Waals surface area contributed by atoms with Crippen LogP contribution in [0.5, 0.6) is 0 Å². The highest BCUT2D eigenvalue weighted by Crippen LogP contribution is 2.19. The Morgan fingerprint density at radius 2 is 2.11 bits per heavy atom. The first-order valence-corrected chi connectivity index (χ1v) is 6.98. The van der Waals surface area contributed by atoms with Gasteiger partial charge >= 0.3 is 0 Å². The third kappa shape index (κ3) is 2.51. The third-order valence-corrected chi connectivity index (χ3v) is 5.25. The van der Waals surface area contributed by atoms with Crippen molar-refractivity contribution in [2.45, 2.75) is 31.0 Å². The number of halogens is 1. The molecule has 1 aliphatic heterocycles. The van der Waals surface area contributed by atoms with Gasteiger partial charge in [0.2, 0.25) is 0 Å². The highest BCUT2D eigenvalue weighted by molar-refractivity contribution is 7.89. The van der Waals surface area contributed by atoms with Gasteiger partial charge in [-0.1, -0.05) is 5.21 Å². The van der Waals surface area contributed by atoms with Crippen LogP contribution in [0.25, 0.3) is 0 Å². The molecule has 2 unspecified atom stereocenters. The SMILES string of the molecule is CC1NCCN(S(=O)(=O)c2cnnn2C)C1C.Cl. The topological polar surface area (TPSA) is 80.1 Å². The van der Waals surface area contributed by atoms with Gasteiger partial charge in [0, 0.05) is 32.2 Å². The minimum absolute atomic E-state index is 0. The van der Waals surface area contributed by atoms with Crippen molar-refractivity contribution in [2.24, 2.45) is 7.05 Å². The number of hydrogen-bond donors (Lipinski definition) is 1. The van der Waals surface area contributed by atoms with Crippen LogP contribution in [-0.2, 0) is 17.1 Å². The molecule has 2 atom stereocenters. The quantitative estimate of drug-likeness (QED) is 0.804. The van der Waals surface area contributed by atoms with Gasteiger partial charge in [-0.3, -0.25) is 0 Å². The number of hydrogen-bond acceptors (Lipinski definition) is 5. The number of aryl methyl sites for hydroxylation is 1. The molecule has 1 saturated heterocycles. The maximum atomic E-state index is 12.4. The third-order valence-electron chi connectivity index (χ3n) is 3.22. The molecule has 1 aliphatic rings. The van der Waals surface area contributed by atoms with Crippen LogP contribution in [0.3, 0.4) is 0 Å². The number of aromatic nitrogens is 3. The highest BCUT2D eigenvalue weighted by Gasteiger charge is 2.36. The molecule has 1 N–H and O–H groups in total. The van der Waals surface area contributed by atoms with Crippen molar-refractivity contribution in [1.29, 1.82) is 0 Å². The van der Waals surface area contributed by atoms with E-state index in [2.05, 4.69) is 15.6 Å². The average Bonchev–Trinajstić information content (AvgIpc) is 2.69. The van der Waals surface area contributed by atoms with Crippen LogP contribution in [0, 0.1) is 0 Å². The van der Waals surface area contributed by atoms with E-state index in [9.17, 15) is 8.42 Å². The van der Waals surface area contributed by atoms with Crippen LogP contribution in [0.15, 0.2) is 11.2 Å². The van der Waals surface area contributed by atoms with Gasteiger partial charge < -0.3 is 5.32 Å².